The van der Waals surface area contributed by atoms with Crippen molar-refractivity contribution in [3.05, 3.63) is 33.8 Å². The fourth-order valence-electron chi connectivity index (χ4n) is 2.00. The average molecular weight is 443 g/mol. The standard InChI is InChI=1S/C11H7Br2Cl2F3O/c12-8-4-10(11(16,17)18,19-9(8)13)5-1-6(14)3-7(15)2-5/h1-3,8-9H,4H2. The highest BCUT2D eigenvalue weighted by Gasteiger charge is 2.63. The molecule has 1 aliphatic heterocycles. The van der Waals surface area contributed by atoms with E-state index in [-0.39, 0.29) is 22.0 Å². The molecule has 3 unspecified atom stereocenters. The molecule has 2 rings (SSSR count). The van der Waals surface area contributed by atoms with Crippen LogP contribution in [0.15, 0.2) is 18.2 Å². The van der Waals surface area contributed by atoms with Gasteiger partial charge in [-0.15, -0.1) is 0 Å². The van der Waals surface area contributed by atoms with Crippen LogP contribution < -0.4 is 0 Å². The Bertz CT molecular complexity index is 465. The second kappa shape index (κ2) is 5.37. The lowest BCUT2D eigenvalue weighted by Crippen LogP contribution is -2.42. The van der Waals surface area contributed by atoms with Crippen LogP contribution in [0.2, 0.25) is 10.0 Å². The molecule has 0 aromatic heterocycles. The number of halogens is 7. The summed E-state index contributed by atoms with van der Waals surface area (Å²) in [6.07, 6.45) is -4.83. The molecule has 0 amide bonds. The number of hydrogen-bond donors (Lipinski definition) is 0. The predicted octanol–water partition coefficient (Wildman–Crippen LogP) is 5.66. The molecule has 0 spiro atoms. The van der Waals surface area contributed by atoms with Crippen molar-refractivity contribution in [1.29, 1.82) is 0 Å². The highest BCUT2D eigenvalue weighted by molar-refractivity contribution is 9.12. The van der Waals surface area contributed by atoms with Crippen LogP contribution in [0.5, 0.6) is 0 Å². The van der Waals surface area contributed by atoms with Gasteiger partial charge in [-0.3, -0.25) is 0 Å². The molecule has 3 atom stereocenters. The Morgan fingerprint density at radius 1 is 1.16 bits per heavy atom. The highest BCUT2D eigenvalue weighted by Crippen LogP contribution is 2.54. The third-order valence-electron chi connectivity index (χ3n) is 2.87. The van der Waals surface area contributed by atoms with Crippen molar-refractivity contribution in [1.82, 2.24) is 0 Å². The first-order valence-electron chi connectivity index (χ1n) is 5.15. The van der Waals surface area contributed by atoms with Crippen molar-refractivity contribution in [2.24, 2.45) is 0 Å². The van der Waals surface area contributed by atoms with Gasteiger partial charge in [-0.1, -0.05) is 55.1 Å². The van der Waals surface area contributed by atoms with E-state index in [4.69, 9.17) is 27.9 Å². The van der Waals surface area contributed by atoms with E-state index in [9.17, 15) is 13.2 Å². The van der Waals surface area contributed by atoms with E-state index in [1.165, 1.54) is 18.2 Å². The minimum Gasteiger partial charge on any atom is -0.345 e. The number of rotatable bonds is 1. The molecule has 1 fully saturated rings. The number of benzene rings is 1. The molecule has 1 aromatic rings. The molecule has 0 aliphatic carbocycles. The summed E-state index contributed by atoms with van der Waals surface area (Å²) in [6, 6.07) is 3.83. The van der Waals surface area contributed by atoms with Gasteiger partial charge in [-0.05, 0) is 23.8 Å². The van der Waals surface area contributed by atoms with E-state index in [1.807, 2.05) is 0 Å². The van der Waals surface area contributed by atoms with E-state index >= 15 is 0 Å². The van der Waals surface area contributed by atoms with Crippen molar-refractivity contribution in [3.63, 3.8) is 0 Å². The van der Waals surface area contributed by atoms with E-state index in [0.29, 0.717) is 0 Å². The highest BCUT2D eigenvalue weighted by atomic mass is 79.9. The van der Waals surface area contributed by atoms with Gasteiger partial charge < -0.3 is 4.74 Å². The van der Waals surface area contributed by atoms with Gasteiger partial charge >= 0.3 is 6.18 Å². The SMILES string of the molecule is FC(F)(F)C1(c2cc(Cl)cc(Cl)c2)CC(Br)C(Br)O1. The maximum Gasteiger partial charge on any atom is 0.421 e. The second-order valence-electron chi connectivity index (χ2n) is 4.17. The molecule has 0 N–H and O–H groups in total. The normalized spacial score (nSPS) is 31.7. The van der Waals surface area contributed by atoms with Gasteiger partial charge in [0.1, 0.15) is 5.01 Å². The monoisotopic (exact) mass is 440 g/mol. The summed E-state index contributed by atoms with van der Waals surface area (Å²) in [5.41, 5.74) is -2.51. The molecule has 0 saturated carbocycles. The van der Waals surface area contributed by atoms with E-state index in [2.05, 4.69) is 31.9 Å². The van der Waals surface area contributed by atoms with Crippen LogP contribution in [0, 0.1) is 0 Å². The van der Waals surface area contributed by atoms with Crippen LogP contribution in [0.3, 0.4) is 0 Å². The second-order valence-corrected chi connectivity index (χ2v) is 7.12. The zero-order chi connectivity index (χ0) is 14.4. The number of alkyl halides is 5. The summed E-state index contributed by atoms with van der Waals surface area (Å²) in [4.78, 5) is -0.466. The molecule has 106 valence electrons. The first-order chi connectivity index (χ1) is 8.65. The van der Waals surface area contributed by atoms with Gasteiger partial charge in [0.15, 0.2) is 5.60 Å². The first-order valence-corrected chi connectivity index (χ1v) is 7.74. The zero-order valence-electron chi connectivity index (χ0n) is 9.15. The van der Waals surface area contributed by atoms with Crippen molar-refractivity contribution in [3.8, 4) is 0 Å². The topological polar surface area (TPSA) is 9.23 Å². The minimum absolute atomic E-state index is 0.0936. The molecular weight excluding hydrogens is 436 g/mol. The lowest BCUT2D eigenvalue weighted by atomic mass is 9.90. The van der Waals surface area contributed by atoms with E-state index in [1.54, 1.807) is 0 Å². The lowest BCUT2D eigenvalue weighted by Gasteiger charge is -2.31. The van der Waals surface area contributed by atoms with Crippen molar-refractivity contribution < 1.29 is 17.9 Å². The third-order valence-corrected chi connectivity index (χ3v) is 5.64. The Hall–Kier alpha value is 0.510. The van der Waals surface area contributed by atoms with E-state index in [0.717, 1.165) is 0 Å². The number of ether oxygens (including phenoxy) is 1. The van der Waals surface area contributed by atoms with E-state index < -0.39 is 21.6 Å². The summed E-state index contributed by atoms with van der Waals surface area (Å²) >= 11 is 17.8. The summed E-state index contributed by atoms with van der Waals surface area (Å²) in [5, 5.41) is -0.468. The molecule has 8 heteroatoms. The van der Waals surface area contributed by atoms with Crippen LogP contribution in [0.4, 0.5) is 13.2 Å². The van der Waals surface area contributed by atoms with Crippen LogP contribution in [0.25, 0.3) is 0 Å². The molecular formula is C11H7Br2Cl2F3O. The molecule has 0 radical (unpaired) electrons. The van der Waals surface area contributed by atoms with Gasteiger partial charge in [0, 0.05) is 16.5 Å². The Balaban J connectivity index is 2.57. The molecule has 1 aromatic carbocycles. The molecule has 19 heavy (non-hydrogen) atoms. The van der Waals surface area contributed by atoms with Gasteiger partial charge in [0.25, 0.3) is 0 Å². The Morgan fingerprint density at radius 3 is 2.05 bits per heavy atom. The molecule has 0 bridgehead atoms. The minimum atomic E-state index is -4.57. The van der Waals surface area contributed by atoms with Crippen LogP contribution in [-0.2, 0) is 10.3 Å². The summed E-state index contributed by atoms with van der Waals surface area (Å²) in [7, 11) is 0. The fraction of sp³-hybridized carbons (Fsp3) is 0.455. The first kappa shape index (κ1) is 15.9. The van der Waals surface area contributed by atoms with Gasteiger partial charge in [-0.25, -0.2) is 0 Å². The fourth-order valence-corrected chi connectivity index (χ4v) is 3.60. The molecule has 1 nitrogen and oxygen atoms in total. The third kappa shape index (κ3) is 2.93. The molecule has 1 saturated heterocycles. The van der Waals surface area contributed by atoms with Crippen molar-refractivity contribution >= 4 is 55.1 Å². The lowest BCUT2D eigenvalue weighted by molar-refractivity contribution is -0.271. The maximum atomic E-state index is 13.5. The maximum absolute atomic E-state index is 13.5. The van der Waals surface area contributed by atoms with Gasteiger partial charge in [0.05, 0.1) is 4.83 Å². The Kier molecular flexibility index (Phi) is 4.49. The molecule has 1 heterocycles. The van der Waals surface area contributed by atoms with Crippen LogP contribution >= 0.6 is 55.1 Å². The van der Waals surface area contributed by atoms with Crippen molar-refractivity contribution in [2.75, 3.05) is 0 Å². The average Bonchev–Trinajstić information content (AvgIpc) is 2.54. The quantitative estimate of drug-likeness (QED) is 0.510. The van der Waals surface area contributed by atoms with Gasteiger partial charge in [0.2, 0.25) is 0 Å². The Labute approximate surface area is 134 Å². The summed E-state index contributed by atoms with van der Waals surface area (Å²) < 4.78 is 45.5. The molecule has 1 aliphatic rings. The zero-order valence-corrected chi connectivity index (χ0v) is 13.8. The number of hydrogen-bond acceptors (Lipinski definition) is 1. The largest absolute Gasteiger partial charge is 0.421 e. The summed E-state index contributed by atoms with van der Waals surface area (Å²) in [6.45, 7) is 0. The van der Waals surface area contributed by atoms with Gasteiger partial charge in [-0.2, -0.15) is 13.2 Å². The summed E-state index contributed by atoms with van der Waals surface area (Å²) in [5.74, 6) is 0. The Morgan fingerprint density at radius 2 is 1.68 bits per heavy atom. The van der Waals surface area contributed by atoms with Crippen molar-refractivity contribution in [2.45, 2.75) is 28.0 Å². The van der Waals surface area contributed by atoms with Crippen LogP contribution in [0.1, 0.15) is 12.0 Å². The predicted molar refractivity (Wildman–Crippen MR) is 75.3 cm³/mol. The smallest absolute Gasteiger partial charge is 0.345 e. The van der Waals surface area contributed by atoms with Crippen LogP contribution in [-0.4, -0.2) is 16.0 Å².